The van der Waals surface area contributed by atoms with Gasteiger partial charge < -0.3 is 10.0 Å². The fourth-order valence-electron chi connectivity index (χ4n) is 1.00. The van der Waals surface area contributed by atoms with Crippen molar-refractivity contribution in [3.63, 3.8) is 0 Å². The monoisotopic (exact) mass is 154 g/mol. The Morgan fingerprint density at radius 3 is 2.73 bits per heavy atom. The number of aliphatic imine (C=N–C) groups is 1. The third kappa shape index (κ3) is 1.73. The minimum atomic E-state index is 0.308. The van der Waals surface area contributed by atoms with Crippen LogP contribution in [0.2, 0.25) is 0 Å². The van der Waals surface area contributed by atoms with Gasteiger partial charge in [-0.1, -0.05) is 0 Å². The smallest absolute Gasteiger partial charge is 0.190 e. The minimum Gasteiger partial charge on any atom is -0.495 e. The Kier molecular flexibility index (Phi) is 2.17. The normalized spacial score (nSPS) is 18.4. The summed E-state index contributed by atoms with van der Waals surface area (Å²) < 4.78 is 0. The number of aliphatic hydroxyl groups excluding tert-OH is 1. The van der Waals surface area contributed by atoms with Gasteiger partial charge in [0, 0.05) is 17.8 Å². The van der Waals surface area contributed by atoms with Crippen molar-refractivity contribution in [1.82, 2.24) is 4.90 Å². The molecule has 0 aliphatic carbocycles. The van der Waals surface area contributed by atoms with Crippen LogP contribution in [0.1, 0.15) is 20.8 Å². The number of nitrogens with zero attached hydrogens (tertiary/aromatic N) is 2. The van der Waals surface area contributed by atoms with Crippen LogP contribution in [0.15, 0.2) is 17.0 Å². The van der Waals surface area contributed by atoms with E-state index < -0.39 is 0 Å². The molecule has 62 valence electrons. The van der Waals surface area contributed by atoms with Crippen LogP contribution in [-0.2, 0) is 0 Å². The standard InChI is InChI=1S/C8H14N2O/c1-6(2)10-5-9-7(3)4-8(10)11/h4,6,11H,5H2,1-3H3. The van der Waals surface area contributed by atoms with Gasteiger partial charge in [0.15, 0.2) is 5.88 Å². The summed E-state index contributed by atoms with van der Waals surface area (Å²) in [6.45, 7) is 6.51. The Balaban J connectivity index is 2.72. The predicted molar refractivity (Wildman–Crippen MR) is 45.7 cm³/mol. The molecule has 0 spiro atoms. The lowest BCUT2D eigenvalue weighted by molar-refractivity contribution is 0.169. The molecule has 1 rings (SSSR count). The first-order valence-electron chi connectivity index (χ1n) is 3.79. The molecule has 0 saturated heterocycles. The Hall–Kier alpha value is -0.990. The van der Waals surface area contributed by atoms with Crippen molar-refractivity contribution < 1.29 is 5.11 Å². The first-order valence-corrected chi connectivity index (χ1v) is 3.79. The molecular weight excluding hydrogens is 140 g/mol. The maximum atomic E-state index is 9.42. The Bertz CT molecular complexity index is 206. The molecule has 0 saturated carbocycles. The number of aliphatic hydroxyl groups is 1. The maximum Gasteiger partial charge on any atom is 0.190 e. The Morgan fingerprint density at radius 1 is 1.64 bits per heavy atom. The van der Waals surface area contributed by atoms with Crippen LogP contribution in [0.5, 0.6) is 0 Å². The van der Waals surface area contributed by atoms with Gasteiger partial charge in [-0.05, 0) is 20.8 Å². The van der Waals surface area contributed by atoms with Crippen LogP contribution in [0.4, 0.5) is 0 Å². The molecule has 0 radical (unpaired) electrons. The molecule has 3 heteroatoms. The fraction of sp³-hybridized carbons (Fsp3) is 0.625. The highest BCUT2D eigenvalue weighted by Crippen LogP contribution is 2.10. The van der Waals surface area contributed by atoms with Crippen molar-refractivity contribution in [2.24, 2.45) is 4.99 Å². The molecule has 0 aromatic carbocycles. The van der Waals surface area contributed by atoms with Crippen molar-refractivity contribution in [2.45, 2.75) is 26.8 Å². The third-order valence-electron chi connectivity index (χ3n) is 1.73. The highest BCUT2D eigenvalue weighted by Gasteiger charge is 2.14. The van der Waals surface area contributed by atoms with E-state index in [1.54, 1.807) is 6.08 Å². The second-order valence-corrected chi connectivity index (χ2v) is 3.01. The van der Waals surface area contributed by atoms with Crippen molar-refractivity contribution in [3.05, 3.63) is 12.0 Å². The molecule has 1 aliphatic rings. The summed E-state index contributed by atoms with van der Waals surface area (Å²) in [6.07, 6.45) is 1.68. The molecule has 1 N–H and O–H groups in total. The van der Waals surface area contributed by atoms with Crippen LogP contribution < -0.4 is 0 Å². The molecule has 3 nitrogen and oxygen atoms in total. The molecule has 0 amide bonds. The van der Waals surface area contributed by atoms with Gasteiger partial charge in [-0.3, -0.25) is 4.99 Å². The largest absolute Gasteiger partial charge is 0.495 e. The molecular formula is C8H14N2O. The van der Waals surface area contributed by atoms with Crippen molar-refractivity contribution in [2.75, 3.05) is 6.67 Å². The zero-order valence-corrected chi connectivity index (χ0v) is 7.20. The van der Waals surface area contributed by atoms with Gasteiger partial charge in [0.2, 0.25) is 0 Å². The van der Waals surface area contributed by atoms with Crippen LogP contribution in [0, 0.1) is 0 Å². The summed E-state index contributed by atoms with van der Waals surface area (Å²) in [7, 11) is 0. The molecule has 1 aliphatic heterocycles. The van der Waals surface area contributed by atoms with Gasteiger partial charge in [0.1, 0.15) is 6.67 Å². The third-order valence-corrected chi connectivity index (χ3v) is 1.73. The van der Waals surface area contributed by atoms with E-state index in [-0.39, 0.29) is 0 Å². The fourth-order valence-corrected chi connectivity index (χ4v) is 1.00. The number of hydrogen-bond donors (Lipinski definition) is 1. The van der Waals surface area contributed by atoms with E-state index in [0.29, 0.717) is 18.6 Å². The van der Waals surface area contributed by atoms with E-state index in [0.717, 1.165) is 5.71 Å². The van der Waals surface area contributed by atoms with Gasteiger partial charge >= 0.3 is 0 Å². The lowest BCUT2D eigenvalue weighted by atomic mass is 10.3. The van der Waals surface area contributed by atoms with E-state index in [9.17, 15) is 5.11 Å². The van der Waals surface area contributed by atoms with Crippen LogP contribution in [0.25, 0.3) is 0 Å². The summed E-state index contributed by atoms with van der Waals surface area (Å²) in [6, 6.07) is 0.308. The van der Waals surface area contributed by atoms with E-state index in [2.05, 4.69) is 4.99 Å². The van der Waals surface area contributed by atoms with Crippen LogP contribution in [-0.4, -0.2) is 28.4 Å². The molecule has 1 heterocycles. The molecule has 0 aromatic rings. The Labute approximate surface area is 67.0 Å². The van der Waals surface area contributed by atoms with Crippen LogP contribution >= 0.6 is 0 Å². The first kappa shape index (κ1) is 8.11. The highest BCUT2D eigenvalue weighted by atomic mass is 16.3. The van der Waals surface area contributed by atoms with Gasteiger partial charge in [0.25, 0.3) is 0 Å². The zero-order valence-electron chi connectivity index (χ0n) is 7.20. The van der Waals surface area contributed by atoms with Gasteiger partial charge in [-0.15, -0.1) is 0 Å². The van der Waals surface area contributed by atoms with E-state index in [1.807, 2.05) is 25.7 Å². The lowest BCUT2D eigenvalue weighted by Gasteiger charge is -2.28. The maximum absolute atomic E-state index is 9.42. The van der Waals surface area contributed by atoms with E-state index in [4.69, 9.17) is 0 Å². The topological polar surface area (TPSA) is 35.8 Å². The number of hydrogen-bond acceptors (Lipinski definition) is 3. The predicted octanol–water partition coefficient (Wildman–Crippen LogP) is 1.53. The van der Waals surface area contributed by atoms with Gasteiger partial charge in [0.05, 0.1) is 0 Å². The molecule has 0 atom stereocenters. The molecule has 0 unspecified atom stereocenters. The van der Waals surface area contributed by atoms with Gasteiger partial charge in [-0.2, -0.15) is 0 Å². The number of rotatable bonds is 1. The lowest BCUT2D eigenvalue weighted by Crippen LogP contribution is -2.33. The van der Waals surface area contributed by atoms with Gasteiger partial charge in [-0.25, -0.2) is 0 Å². The summed E-state index contributed by atoms with van der Waals surface area (Å²) in [4.78, 5) is 6.03. The van der Waals surface area contributed by atoms with Crippen molar-refractivity contribution in [1.29, 1.82) is 0 Å². The summed E-state index contributed by atoms with van der Waals surface area (Å²) in [5.41, 5.74) is 0.888. The van der Waals surface area contributed by atoms with Crippen molar-refractivity contribution >= 4 is 5.71 Å². The Morgan fingerprint density at radius 2 is 2.27 bits per heavy atom. The average molecular weight is 154 g/mol. The molecule has 0 aromatic heterocycles. The summed E-state index contributed by atoms with van der Waals surface area (Å²) >= 11 is 0. The first-order chi connectivity index (χ1) is 5.11. The molecule has 0 fully saturated rings. The quantitative estimate of drug-likeness (QED) is 0.621. The summed E-state index contributed by atoms with van der Waals surface area (Å²) in [5, 5.41) is 9.42. The number of allylic oxidation sites excluding steroid dienone is 1. The van der Waals surface area contributed by atoms with E-state index in [1.165, 1.54) is 0 Å². The SMILES string of the molecule is CC1=NCN(C(C)C)C(O)=C1. The van der Waals surface area contributed by atoms with Crippen molar-refractivity contribution in [3.8, 4) is 0 Å². The second kappa shape index (κ2) is 2.95. The zero-order chi connectivity index (χ0) is 8.43. The summed E-state index contributed by atoms with van der Waals surface area (Å²) in [5.74, 6) is 0.326. The molecule has 11 heavy (non-hydrogen) atoms. The minimum absolute atomic E-state index is 0.308. The average Bonchev–Trinajstić information content (AvgIpc) is 1.85. The highest BCUT2D eigenvalue weighted by molar-refractivity contribution is 5.93. The van der Waals surface area contributed by atoms with E-state index >= 15 is 0 Å². The van der Waals surface area contributed by atoms with Crippen LogP contribution in [0.3, 0.4) is 0 Å². The molecule has 0 bridgehead atoms. The second-order valence-electron chi connectivity index (χ2n) is 3.01.